The summed E-state index contributed by atoms with van der Waals surface area (Å²) >= 11 is 0. The zero-order valence-electron chi connectivity index (χ0n) is 14.2. The summed E-state index contributed by atoms with van der Waals surface area (Å²) in [5.74, 6) is 0.0239. The maximum Gasteiger partial charge on any atom is 0.328 e. The number of hydrogen-bond acceptors (Lipinski definition) is 4. The van der Waals surface area contributed by atoms with E-state index in [0.717, 1.165) is 5.56 Å². The van der Waals surface area contributed by atoms with Crippen LogP contribution in [0.2, 0.25) is 0 Å². The Balaban J connectivity index is 1.71. The first-order valence-corrected chi connectivity index (χ1v) is 8.10. The summed E-state index contributed by atoms with van der Waals surface area (Å²) in [6, 6.07) is 7.05. The molecule has 0 saturated carbocycles. The molecule has 130 valence electrons. The molecule has 2 aromatic rings. The minimum atomic E-state index is -1.02. The van der Waals surface area contributed by atoms with Crippen molar-refractivity contribution in [3.63, 3.8) is 0 Å². The monoisotopic (exact) mass is 340 g/mol. The van der Waals surface area contributed by atoms with Gasteiger partial charge in [-0.15, -0.1) is 10.2 Å². The molecule has 7 heteroatoms. The van der Waals surface area contributed by atoms with Crippen LogP contribution in [0.25, 0.3) is 6.08 Å². The molecule has 0 fully saturated rings. The number of carboxylic acids is 1. The van der Waals surface area contributed by atoms with Gasteiger partial charge in [-0.25, -0.2) is 4.79 Å². The van der Waals surface area contributed by atoms with Crippen molar-refractivity contribution in [2.24, 2.45) is 0 Å². The van der Waals surface area contributed by atoms with Gasteiger partial charge in [-0.3, -0.25) is 4.79 Å². The molecule has 1 aliphatic rings. The molecule has 0 bridgehead atoms. The quantitative estimate of drug-likeness (QED) is 0.917. The normalized spacial score (nSPS) is 16.9. The molecule has 1 aromatic heterocycles. The van der Waals surface area contributed by atoms with Crippen molar-refractivity contribution in [1.82, 2.24) is 19.7 Å². The molecule has 0 spiro atoms. The molecule has 1 N–H and O–H groups in total. The number of hydrogen-bond donors (Lipinski definition) is 1. The van der Waals surface area contributed by atoms with E-state index >= 15 is 0 Å². The zero-order valence-corrected chi connectivity index (χ0v) is 14.2. The third kappa shape index (κ3) is 3.60. The number of aliphatic carboxylic acids is 1. The topological polar surface area (TPSA) is 88.3 Å². The Bertz CT molecular complexity index is 823. The van der Waals surface area contributed by atoms with E-state index in [1.807, 2.05) is 37.3 Å². The molecule has 0 radical (unpaired) electrons. The lowest BCUT2D eigenvalue weighted by molar-refractivity contribution is -0.152. The van der Waals surface area contributed by atoms with Gasteiger partial charge < -0.3 is 14.6 Å². The van der Waals surface area contributed by atoms with E-state index in [0.29, 0.717) is 11.6 Å². The fraction of sp³-hybridized carbons (Fsp3) is 0.333. The van der Waals surface area contributed by atoms with Gasteiger partial charge in [0.2, 0.25) is 5.91 Å². The van der Waals surface area contributed by atoms with Gasteiger partial charge in [0, 0.05) is 6.42 Å². The van der Waals surface area contributed by atoms with Crippen molar-refractivity contribution < 1.29 is 14.7 Å². The van der Waals surface area contributed by atoms with Crippen molar-refractivity contribution in [3.8, 4) is 0 Å². The second-order valence-corrected chi connectivity index (χ2v) is 6.17. The summed E-state index contributed by atoms with van der Waals surface area (Å²) < 4.78 is 1.75. The maximum absolute atomic E-state index is 12.5. The van der Waals surface area contributed by atoms with E-state index in [1.54, 1.807) is 17.6 Å². The molecule has 7 nitrogen and oxygen atoms in total. The molecule has 0 saturated heterocycles. The van der Waals surface area contributed by atoms with Crippen molar-refractivity contribution >= 4 is 18.0 Å². The first-order chi connectivity index (χ1) is 12.0. The van der Waals surface area contributed by atoms with Crippen LogP contribution in [0.15, 0.2) is 30.3 Å². The fourth-order valence-electron chi connectivity index (χ4n) is 2.88. The minimum absolute atomic E-state index is 0.144. The SMILES string of the molecule is Cc1ccc(/C=C/CC(=O)N2Cc3nnc(C)n3CC2C(=O)O)cc1. The summed E-state index contributed by atoms with van der Waals surface area (Å²) in [6.07, 6.45) is 3.77. The molecule has 1 aliphatic heterocycles. The van der Waals surface area contributed by atoms with E-state index in [9.17, 15) is 14.7 Å². The molecule has 0 aliphatic carbocycles. The summed E-state index contributed by atoms with van der Waals surface area (Å²) in [5, 5.41) is 17.5. The molecule has 1 unspecified atom stereocenters. The van der Waals surface area contributed by atoms with Crippen LogP contribution in [0.3, 0.4) is 0 Å². The van der Waals surface area contributed by atoms with Crippen molar-refractivity contribution in [2.75, 3.05) is 0 Å². The number of aryl methyl sites for hydroxylation is 2. The Morgan fingerprint density at radius 1 is 1.24 bits per heavy atom. The molecule has 2 heterocycles. The van der Waals surface area contributed by atoms with Gasteiger partial charge in [0.15, 0.2) is 5.82 Å². The lowest BCUT2D eigenvalue weighted by Crippen LogP contribution is -2.50. The van der Waals surface area contributed by atoms with Gasteiger partial charge in [0.1, 0.15) is 11.9 Å². The van der Waals surface area contributed by atoms with Crippen LogP contribution in [0.4, 0.5) is 0 Å². The summed E-state index contributed by atoms with van der Waals surface area (Å²) in [7, 11) is 0. The summed E-state index contributed by atoms with van der Waals surface area (Å²) in [5.41, 5.74) is 2.17. The number of carbonyl (C=O) groups is 2. The second kappa shape index (κ2) is 6.88. The lowest BCUT2D eigenvalue weighted by atomic mass is 10.1. The van der Waals surface area contributed by atoms with Crippen LogP contribution in [-0.4, -0.2) is 42.7 Å². The number of fused-ring (bicyclic) bond motifs is 1. The van der Waals surface area contributed by atoms with Gasteiger partial charge in [-0.2, -0.15) is 0 Å². The molecule has 3 rings (SSSR count). The molecule has 1 amide bonds. The smallest absolute Gasteiger partial charge is 0.328 e. The van der Waals surface area contributed by atoms with Crippen LogP contribution in [0.1, 0.15) is 29.2 Å². The number of nitrogens with zero attached hydrogens (tertiary/aromatic N) is 4. The van der Waals surface area contributed by atoms with Crippen LogP contribution in [-0.2, 0) is 22.7 Å². The Hall–Kier alpha value is -2.96. The number of aromatic nitrogens is 3. The third-order valence-corrected chi connectivity index (χ3v) is 4.34. The standard InChI is InChI=1S/C18H20N4O3/c1-12-6-8-14(9-7-12)4-3-5-17(23)22-11-16-20-19-13(2)21(16)10-15(22)18(24)25/h3-4,6-9,15H,5,10-11H2,1-2H3,(H,24,25)/b4-3+. The number of carboxylic acid groups (broad SMARTS) is 1. The van der Waals surface area contributed by atoms with Crippen molar-refractivity contribution in [3.05, 3.63) is 53.1 Å². The first-order valence-electron chi connectivity index (χ1n) is 8.10. The van der Waals surface area contributed by atoms with Crippen molar-refractivity contribution in [1.29, 1.82) is 0 Å². The van der Waals surface area contributed by atoms with Gasteiger partial charge in [-0.05, 0) is 19.4 Å². The van der Waals surface area contributed by atoms with Crippen LogP contribution in [0, 0.1) is 13.8 Å². The highest BCUT2D eigenvalue weighted by Gasteiger charge is 2.35. The van der Waals surface area contributed by atoms with Gasteiger partial charge >= 0.3 is 5.97 Å². The highest BCUT2D eigenvalue weighted by molar-refractivity contribution is 5.85. The molecule has 25 heavy (non-hydrogen) atoms. The number of amides is 1. The summed E-state index contributed by atoms with van der Waals surface area (Å²) in [6.45, 7) is 4.13. The Kier molecular flexibility index (Phi) is 4.65. The highest BCUT2D eigenvalue weighted by atomic mass is 16.4. The molecular formula is C18H20N4O3. The van der Waals surface area contributed by atoms with Crippen LogP contribution >= 0.6 is 0 Å². The second-order valence-electron chi connectivity index (χ2n) is 6.17. The highest BCUT2D eigenvalue weighted by Crippen LogP contribution is 2.19. The number of rotatable bonds is 4. The number of carbonyl (C=O) groups excluding carboxylic acids is 1. The van der Waals surface area contributed by atoms with Crippen molar-refractivity contribution in [2.45, 2.75) is 39.4 Å². The minimum Gasteiger partial charge on any atom is -0.480 e. The van der Waals surface area contributed by atoms with E-state index in [1.165, 1.54) is 10.5 Å². The molecule has 1 aromatic carbocycles. The fourth-order valence-corrected chi connectivity index (χ4v) is 2.88. The first kappa shape index (κ1) is 16.9. The van der Waals surface area contributed by atoms with E-state index < -0.39 is 12.0 Å². The number of benzene rings is 1. The average molecular weight is 340 g/mol. The Morgan fingerprint density at radius 3 is 2.64 bits per heavy atom. The van der Waals surface area contributed by atoms with Crippen LogP contribution in [0.5, 0.6) is 0 Å². The Labute approximate surface area is 145 Å². The van der Waals surface area contributed by atoms with Crippen LogP contribution < -0.4 is 0 Å². The largest absolute Gasteiger partial charge is 0.480 e. The zero-order chi connectivity index (χ0) is 18.0. The third-order valence-electron chi connectivity index (χ3n) is 4.34. The summed E-state index contributed by atoms with van der Waals surface area (Å²) in [4.78, 5) is 25.5. The van der Waals surface area contributed by atoms with E-state index in [-0.39, 0.29) is 25.4 Å². The predicted molar refractivity (Wildman–Crippen MR) is 91.6 cm³/mol. The van der Waals surface area contributed by atoms with Gasteiger partial charge in [0.25, 0.3) is 0 Å². The maximum atomic E-state index is 12.5. The molecule has 1 atom stereocenters. The lowest BCUT2D eigenvalue weighted by Gasteiger charge is -2.33. The van der Waals surface area contributed by atoms with E-state index in [4.69, 9.17) is 0 Å². The Morgan fingerprint density at radius 2 is 1.96 bits per heavy atom. The van der Waals surface area contributed by atoms with Gasteiger partial charge in [-0.1, -0.05) is 42.0 Å². The molecular weight excluding hydrogens is 320 g/mol. The van der Waals surface area contributed by atoms with E-state index in [2.05, 4.69) is 10.2 Å². The predicted octanol–water partition coefficient (Wildman–Crippen LogP) is 1.79. The van der Waals surface area contributed by atoms with Gasteiger partial charge in [0.05, 0.1) is 13.1 Å². The average Bonchev–Trinajstić information content (AvgIpc) is 2.96.